The van der Waals surface area contributed by atoms with E-state index in [1.54, 1.807) is 11.9 Å². The molecule has 0 aromatic carbocycles. The van der Waals surface area contributed by atoms with Crippen LogP contribution < -0.4 is 4.90 Å². The molecule has 2 bridgehead atoms. The normalized spacial score (nSPS) is 27.1. The Hall–Kier alpha value is -2.04. The summed E-state index contributed by atoms with van der Waals surface area (Å²) in [7, 11) is 1.64. The van der Waals surface area contributed by atoms with Gasteiger partial charge in [-0.15, -0.1) is 0 Å². The smallest absolute Gasteiger partial charge is 0.381 e. The van der Waals surface area contributed by atoms with Crippen LogP contribution in [0.15, 0.2) is 12.1 Å². The second-order valence-corrected chi connectivity index (χ2v) is 8.47. The fourth-order valence-corrected chi connectivity index (χ4v) is 5.05. The van der Waals surface area contributed by atoms with Gasteiger partial charge in [0.15, 0.2) is 0 Å². The first-order valence-electron chi connectivity index (χ1n) is 10.3. The number of aromatic nitrogens is 1. The number of fused-ring (bicyclic) bond motifs is 2. The number of piperidine rings is 1. The number of hydrogen-bond acceptors (Lipinski definition) is 4. The first-order chi connectivity index (χ1) is 14.5. The van der Waals surface area contributed by atoms with Crippen molar-refractivity contribution >= 4 is 11.7 Å². The molecule has 4 rings (SSSR count). The second-order valence-electron chi connectivity index (χ2n) is 8.47. The quantitative estimate of drug-likeness (QED) is 0.649. The van der Waals surface area contributed by atoms with Gasteiger partial charge in [0.1, 0.15) is 17.6 Å². The largest absolute Gasteiger partial charge is 0.433 e. The number of hydrogen-bond donors (Lipinski definition) is 0. The summed E-state index contributed by atoms with van der Waals surface area (Å²) >= 11 is 0. The minimum Gasteiger partial charge on any atom is -0.381 e. The Morgan fingerprint density at radius 1 is 1.06 bits per heavy atom. The summed E-state index contributed by atoms with van der Waals surface area (Å²) in [6.45, 7) is 1.01. The minimum atomic E-state index is -5.03. The summed E-state index contributed by atoms with van der Waals surface area (Å²) in [5.74, 6) is -0.842. The van der Waals surface area contributed by atoms with Crippen LogP contribution in [-0.4, -0.2) is 54.2 Å². The third-order valence-electron chi connectivity index (χ3n) is 6.62. The van der Waals surface area contributed by atoms with E-state index in [0.717, 1.165) is 0 Å². The molecule has 2 aliphatic heterocycles. The first-order valence-corrected chi connectivity index (χ1v) is 10.3. The highest BCUT2D eigenvalue weighted by atomic mass is 19.4. The fourth-order valence-electron chi connectivity index (χ4n) is 5.05. The standard InChI is InChI=1S/C20H23F6N3O2/c1-28(13-4-6-31-7-5-13)18(30)17-11-2-3-14(8-11)29(17)16-10-12(19(21,22)23)9-15(27-16)20(24,25)26/h9-11,13-14,17H,2-8H2,1H3/t11-,14+,17-/m0/s1. The van der Waals surface area contributed by atoms with Crippen LogP contribution in [0.4, 0.5) is 32.2 Å². The molecule has 3 atom stereocenters. The number of alkyl halides is 6. The van der Waals surface area contributed by atoms with Gasteiger partial charge < -0.3 is 14.5 Å². The van der Waals surface area contributed by atoms with Crippen LogP contribution in [0, 0.1) is 5.92 Å². The number of anilines is 1. The fraction of sp³-hybridized carbons (Fsp3) is 0.700. The summed E-state index contributed by atoms with van der Waals surface area (Å²) < 4.78 is 85.2. The maximum absolute atomic E-state index is 13.4. The lowest BCUT2D eigenvalue weighted by Crippen LogP contribution is -2.54. The highest BCUT2D eigenvalue weighted by Gasteiger charge is 2.52. The van der Waals surface area contributed by atoms with Crippen LogP contribution in [-0.2, 0) is 21.9 Å². The Kier molecular flexibility index (Phi) is 5.60. The Labute approximate surface area is 175 Å². The molecule has 0 unspecified atom stereocenters. The molecule has 0 radical (unpaired) electrons. The molecule has 1 saturated carbocycles. The molecule has 172 valence electrons. The lowest BCUT2D eigenvalue weighted by molar-refractivity contribution is -0.145. The van der Waals surface area contributed by atoms with E-state index in [4.69, 9.17) is 4.74 Å². The monoisotopic (exact) mass is 451 g/mol. The molecule has 1 aliphatic carbocycles. The van der Waals surface area contributed by atoms with Gasteiger partial charge in [0.25, 0.3) is 0 Å². The summed E-state index contributed by atoms with van der Waals surface area (Å²) in [6, 6.07) is -0.543. The molecule has 31 heavy (non-hydrogen) atoms. The maximum Gasteiger partial charge on any atom is 0.433 e. The number of nitrogens with zero attached hydrogens (tertiary/aromatic N) is 3. The first kappa shape index (κ1) is 22.2. The van der Waals surface area contributed by atoms with Crippen molar-refractivity contribution in [2.45, 2.75) is 62.6 Å². The average molecular weight is 451 g/mol. The van der Waals surface area contributed by atoms with Crippen LogP contribution >= 0.6 is 0 Å². The topological polar surface area (TPSA) is 45.7 Å². The van der Waals surface area contributed by atoms with E-state index >= 15 is 0 Å². The zero-order chi connectivity index (χ0) is 22.6. The molecule has 3 fully saturated rings. The van der Waals surface area contributed by atoms with Gasteiger partial charge in [0.05, 0.1) is 5.56 Å². The molecule has 1 amide bonds. The van der Waals surface area contributed by atoms with Crippen LogP contribution in [0.1, 0.15) is 43.4 Å². The molecule has 0 spiro atoms. The molecule has 2 saturated heterocycles. The van der Waals surface area contributed by atoms with Crippen LogP contribution in [0.25, 0.3) is 0 Å². The van der Waals surface area contributed by atoms with Gasteiger partial charge in [-0.2, -0.15) is 26.3 Å². The third-order valence-corrected chi connectivity index (χ3v) is 6.62. The van der Waals surface area contributed by atoms with Gasteiger partial charge >= 0.3 is 12.4 Å². The van der Waals surface area contributed by atoms with Crippen LogP contribution in [0.2, 0.25) is 0 Å². The third kappa shape index (κ3) is 4.20. The Bertz CT molecular complexity index is 805. The lowest BCUT2D eigenvalue weighted by Gasteiger charge is -2.40. The second kappa shape index (κ2) is 7.83. The molecule has 1 aromatic rings. The number of likely N-dealkylation sites (N-methyl/N-ethyl adjacent to an activating group) is 1. The van der Waals surface area contributed by atoms with Crippen molar-refractivity contribution in [3.63, 3.8) is 0 Å². The molecule has 0 N–H and O–H groups in total. The predicted molar refractivity (Wildman–Crippen MR) is 98.2 cm³/mol. The number of carbonyl (C=O) groups is 1. The van der Waals surface area contributed by atoms with E-state index in [2.05, 4.69) is 4.98 Å². The number of carbonyl (C=O) groups excluding carboxylic acids is 1. The Morgan fingerprint density at radius 3 is 2.35 bits per heavy atom. The van der Waals surface area contributed by atoms with Crippen LogP contribution in [0.5, 0.6) is 0 Å². The van der Waals surface area contributed by atoms with Gasteiger partial charge in [-0.3, -0.25) is 4.79 Å². The summed E-state index contributed by atoms with van der Waals surface area (Å²) in [4.78, 5) is 19.9. The Balaban J connectivity index is 1.71. The minimum absolute atomic E-state index is 0.0167. The van der Waals surface area contributed by atoms with Crippen molar-refractivity contribution in [1.29, 1.82) is 0 Å². The van der Waals surface area contributed by atoms with Gasteiger partial charge in [-0.05, 0) is 50.2 Å². The van der Waals surface area contributed by atoms with E-state index in [1.807, 2.05) is 0 Å². The highest BCUT2D eigenvalue weighted by Crippen LogP contribution is 2.46. The number of pyridine rings is 1. The van der Waals surface area contributed by atoms with Crippen molar-refractivity contribution in [3.8, 4) is 0 Å². The van der Waals surface area contributed by atoms with E-state index in [0.29, 0.717) is 51.4 Å². The number of amides is 1. The SMILES string of the molecule is CN(C(=O)[C@@H]1[C@H]2CC[C@H](C2)N1c1cc(C(F)(F)F)cc(C(F)(F)F)n1)C1CCOCC1. The number of rotatable bonds is 3. The maximum atomic E-state index is 13.4. The van der Waals surface area contributed by atoms with Gasteiger partial charge in [-0.25, -0.2) is 4.98 Å². The van der Waals surface area contributed by atoms with E-state index in [9.17, 15) is 31.1 Å². The average Bonchev–Trinajstić information content (AvgIpc) is 3.33. The van der Waals surface area contributed by atoms with Crippen molar-refractivity contribution in [2.24, 2.45) is 5.92 Å². The molecule has 11 heteroatoms. The molecular weight excluding hydrogens is 428 g/mol. The predicted octanol–water partition coefficient (Wildman–Crippen LogP) is 4.11. The zero-order valence-electron chi connectivity index (χ0n) is 16.8. The molecule has 1 aromatic heterocycles. The molecule has 5 nitrogen and oxygen atoms in total. The van der Waals surface area contributed by atoms with E-state index in [-0.39, 0.29) is 30.0 Å². The van der Waals surface area contributed by atoms with Crippen molar-refractivity contribution in [1.82, 2.24) is 9.88 Å². The van der Waals surface area contributed by atoms with Gasteiger partial charge in [-0.1, -0.05) is 0 Å². The zero-order valence-corrected chi connectivity index (χ0v) is 16.8. The van der Waals surface area contributed by atoms with Gasteiger partial charge in [0.2, 0.25) is 5.91 Å². The number of halogens is 6. The Morgan fingerprint density at radius 2 is 1.74 bits per heavy atom. The van der Waals surface area contributed by atoms with Crippen molar-refractivity contribution in [2.75, 3.05) is 25.2 Å². The van der Waals surface area contributed by atoms with Crippen molar-refractivity contribution < 1.29 is 35.9 Å². The van der Waals surface area contributed by atoms with Gasteiger partial charge in [0, 0.05) is 32.3 Å². The van der Waals surface area contributed by atoms with E-state index < -0.39 is 35.5 Å². The summed E-state index contributed by atoms with van der Waals surface area (Å²) in [5.41, 5.74) is -3.03. The molecule has 3 aliphatic rings. The van der Waals surface area contributed by atoms with Crippen molar-refractivity contribution in [3.05, 3.63) is 23.4 Å². The van der Waals surface area contributed by atoms with E-state index in [1.165, 1.54) is 4.90 Å². The highest BCUT2D eigenvalue weighted by molar-refractivity contribution is 5.87. The summed E-state index contributed by atoms with van der Waals surface area (Å²) in [6.07, 6.45) is -6.84. The van der Waals surface area contributed by atoms with Crippen LogP contribution in [0.3, 0.4) is 0 Å². The molecular formula is C20H23F6N3O2. The molecule has 3 heterocycles. The summed E-state index contributed by atoms with van der Waals surface area (Å²) in [5, 5.41) is 0. The lowest BCUT2D eigenvalue weighted by atomic mass is 9.96. The number of ether oxygens (including phenoxy) is 1.